The summed E-state index contributed by atoms with van der Waals surface area (Å²) < 4.78 is 36.8. The Hall–Kier alpha value is -1.26. The smallest absolute Gasteiger partial charge is 0.397 e. The molecule has 0 spiro atoms. The standard InChI is InChI=1S/C9H9F3N2/c10-9(11,12)8-3-6(5-1-2-5)7(13)4-14-8/h3-5H,1-2,13H2. The van der Waals surface area contributed by atoms with Gasteiger partial charge in [-0.2, -0.15) is 13.2 Å². The fourth-order valence-corrected chi connectivity index (χ4v) is 1.38. The minimum absolute atomic E-state index is 0.207. The molecule has 0 saturated heterocycles. The molecule has 1 fully saturated rings. The summed E-state index contributed by atoms with van der Waals surface area (Å²) in [7, 11) is 0. The first-order chi connectivity index (χ1) is 6.48. The summed E-state index contributed by atoms with van der Waals surface area (Å²) in [6, 6.07) is 1.06. The Morgan fingerprint density at radius 1 is 1.36 bits per heavy atom. The van der Waals surface area contributed by atoms with Crippen LogP contribution in [0.2, 0.25) is 0 Å². The quantitative estimate of drug-likeness (QED) is 0.760. The van der Waals surface area contributed by atoms with Gasteiger partial charge in [-0.15, -0.1) is 0 Å². The Kier molecular flexibility index (Phi) is 1.90. The molecule has 0 aliphatic heterocycles. The van der Waals surface area contributed by atoms with Crippen LogP contribution in [0.1, 0.15) is 30.0 Å². The zero-order valence-electron chi connectivity index (χ0n) is 7.30. The van der Waals surface area contributed by atoms with E-state index in [-0.39, 0.29) is 5.92 Å². The highest BCUT2D eigenvalue weighted by molar-refractivity contribution is 5.49. The van der Waals surface area contributed by atoms with Crippen molar-refractivity contribution >= 4 is 5.69 Å². The Labute approximate surface area is 78.9 Å². The molecule has 1 aliphatic carbocycles. The lowest BCUT2D eigenvalue weighted by molar-refractivity contribution is -0.141. The fourth-order valence-electron chi connectivity index (χ4n) is 1.38. The predicted molar refractivity (Wildman–Crippen MR) is 45.6 cm³/mol. The Morgan fingerprint density at radius 3 is 2.50 bits per heavy atom. The van der Waals surface area contributed by atoms with E-state index in [9.17, 15) is 13.2 Å². The van der Waals surface area contributed by atoms with E-state index >= 15 is 0 Å². The summed E-state index contributed by atoms with van der Waals surface area (Å²) in [6.45, 7) is 0. The molecule has 1 aromatic heterocycles. The molecule has 1 saturated carbocycles. The minimum atomic E-state index is -4.38. The lowest BCUT2D eigenvalue weighted by atomic mass is 10.1. The lowest BCUT2D eigenvalue weighted by Crippen LogP contribution is -2.09. The molecule has 0 aromatic carbocycles. The predicted octanol–water partition coefficient (Wildman–Crippen LogP) is 2.56. The molecule has 2 rings (SSSR count). The fraction of sp³-hybridized carbons (Fsp3) is 0.444. The molecule has 1 heterocycles. The number of hydrogen-bond donors (Lipinski definition) is 1. The molecule has 76 valence electrons. The third-order valence-electron chi connectivity index (χ3n) is 2.28. The number of aromatic nitrogens is 1. The second kappa shape index (κ2) is 2.87. The highest BCUT2D eigenvalue weighted by Crippen LogP contribution is 2.43. The maximum atomic E-state index is 12.3. The Bertz CT molecular complexity index is 356. The minimum Gasteiger partial charge on any atom is -0.397 e. The lowest BCUT2D eigenvalue weighted by Gasteiger charge is -2.09. The molecule has 2 nitrogen and oxygen atoms in total. The van der Waals surface area contributed by atoms with Gasteiger partial charge >= 0.3 is 6.18 Å². The first-order valence-corrected chi connectivity index (χ1v) is 4.31. The van der Waals surface area contributed by atoms with Crippen molar-refractivity contribution < 1.29 is 13.2 Å². The SMILES string of the molecule is Nc1cnc(C(F)(F)F)cc1C1CC1. The number of nitrogens with zero attached hydrogens (tertiary/aromatic N) is 1. The van der Waals surface area contributed by atoms with E-state index in [1.165, 1.54) is 0 Å². The Morgan fingerprint density at radius 2 is 2.00 bits per heavy atom. The number of anilines is 1. The van der Waals surface area contributed by atoms with Gasteiger partial charge in [-0.3, -0.25) is 0 Å². The van der Waals surface area contributed by atoms with Gasteiger partial charge in [-0.25, -0.2) is 4.98 Å². The van der Waals surface area contributed by atoms with Crippen molar-refractivity contribution in [3.05, 3.63) is 23.5 Å². The molecular formula is C9H9F3N2. The Balaban J connectivity index is 2.40. The van der Waals surface area contributed by atoms with Gasteiger partial charge in [0.1, 0.15) is 5.69 Å². The molecule has 0 amide bonds. The van der Waals surface area contributed by atoms with Crippen LogP contribution in [0, 0.1) is 0 Å². The first-order valence-electron chi connectivity index (χ1n) is 4.31. The van der Waals surface area contributed by atoms with Crippen LogP contribution in [-0.2, 0) is 6.18 Å². The van der Waals surface area contributed by atoms with Crippen LogP contribution >= 0.6 is 0 Å². The van der Waals surface area contributed by atoms with Crippen molar-refractivity contribution in [1.82, 2.24) is 4.98 Å². The zero-order valence-corrected chi connectivity index (χ0v) is 7.30. The molecule has 0 bridgehead atoms. The highest BCUT2D eigenvalue weighted by atomic mass is 19.4. The monoisotopic (exact) mass is 202 g/mol. The summed E-state index contributed by atoms with van der Waals surface area (Å²) in [4.78, 5) is 3.27. The summed E-state index contributed by atoms with van der Waals surface area (Å²) in [5, 5.41) is 0. The second-order valence-corrected chi connectivity index (χ2v) is 3.47. The van der Waals surface area contributed by atoms with Crippen molar-refractivity contribution in [3.63, 3.8) is 0 Å². The molecule has 1 aliphatic rings. The zero-order chi connectivity index (χ0) is 10.3. The topological polar surface area (TPSA) is 38.9 Å². The van der Waals surface area contributed by atoms with Crippen molar-refractivity contribution in [2.45, 2.75) is 24.9 Å². The molecule has 14 heavy (non-hydrogen) atoms. The maximum Gasteiger partial charge on any atom is 0.433 e. The number of rotatable bonds is 1. The number of nitrogens with two attached hydrogens (primary N) is 1. The maximum absolute atomic E-state index is 12.3. The number of pyridine rings is 1. The summed E-state index contributed by atoms with van der Waals surface area (Å²) in [6.07, 6.45) is -1.44. The van der Waals surface area contributed by atoms with Crippen molar-refractivity contribution in [2.75, 3.05) is 5.73 Å². The van der Waals surface area contributed by atoms with Crippen molar-refractivity contribution in [3.8, 4) is 0 Å². The third-order valence-corrected chi connectivity index (χ3v) is 2.28. The largest absolute Gasteiger partial charge is 0.433 e. The summed E-state index contributed by atoms with van der Waals surface area (Å²) in [5.74, 6) is 0.207. The van der Waals surface area contributed by atoms with Crippen LogP contribution in [0.5, 0.6) is 0 Å². The highest BCUT2D eigenvalue weighted by Gasteiger charge is 2.35. The molecule has 5 heteroatoms. The van der Waals surface area contributed by atoms with E-state index in [2.05, 4.69) is 4.98 Å². The van der Waals surface area contributed by atoms with Gasteiger partial charge in [-0.1, -0.05) is 0 Å². The molecule has 0 unspecified atom stereocenters. The molecule has 0 radical (unpaired) electrons. The van der Waals surface area contributed by atoms with E-state index in [0.717, 1.165) is 25.1 Å². The summed E-state index contributed by atoms with van der Waals surface area (Å²) >= 11 is 0. The van der Waals surface area contributed by atoms with Crippen LogP contribution in [0.4, 0.5) is 18.9 Å². The average molecular weight is 202 g/mol. The van der Waals surface area contributed by atoms with Crippen LogP contribution in [0.15, 0.2) is 12.3 Å². The average Bonchev–Trinajstić information content (AvgIpc) is 2.85. The molecule has 2 N–H and O–H groups in total. The van der Waals surface area contributed by atoms with Crippen LogP contribution in [0.25, 0.3) is 0 Å². The molecule has 0 atom stereocenters. The number of hydrogen-bond acceptors (Lipinski definition) is 2. The van der Waals surface area contributed by atoms with Gasteiger partial charge in [0.2, 0.25) is 0 Å². The van der Waals surface area contributed by atoms with Crippen molar-refractivity contribution in [2.24, 2.45) is 0 Å². The number of nitrogen functional groups attached to an aromatic ring is 1. The third kappa shape index (κ3) is 1.66. The molecule has 1 aromatic rings. The van der Waals surface area contributed by atoms with Gasteiger partial charge in [0.15, 0.2) is 0 Å². The van der Waals surface area contributed by atoms with Crippen LogP contribution in [-0.4, -0.2) is 4.98 Å². The van der Waals surface area contributed by atoms with Gasteiger partial charge in [-0.05, 0) is 30.4 Å². The number of alkyl halides is 3. The van der Waals surface area contributed by atoms with E-state index < -0.39 is 11.9 Å². The normalized spacial score (nSPS) is 17.1. The van der Waals surface area contributed by atoms with Gasteiger partial charge < -0.3 is 5.73 Å². The van der Waals surface area contributed by atoms with E-state index in [1.54, 1.807) is 0 Å². The first kappa shape index (κ1) is 9.30. The number of halogens is 3. The van der Waals surface area contributed by atoms with E-state index in [1.807, 2.05) is 0 Å². The van der Waals surface area contributed by atoms with Gasteiger partial charge in [0.25, 0.3) is 0 Å². The van der Waals surface area contributed by atoms with Gasteiger partial charge in [0.05, 0.1) is 11.9 Å². The van der Waals surface area contributed by atoms with E-state index in [4.69, 9.17) is 5.73 Å². The second-order valence-electron chi connectivity index (χ2n) is 3.47. The van der Waals surface area contributed by atoms with Crippen LogP contribution < -0.4 is 5.73 Å². The summed E-state index contributed by atoms with van der Waals surface area (Å²) in [5.41, 5.74) is 5.64. The van der Waals surface area contributed by atoms with E-state index in [0.29, 0.717) is 11.3 Å². The van der Waals surface area contributed by atoms with Crippen LogP contribution in [0.3, 0.4) is 0 Å². The van der Waals surface area contributed by atoms with Crippen molar-refractivity contribution in [1.29, 1.82) is 0 Å². The molecular weight excluding hydrogens is 193 g/mol. The van der Waals surface area contributed by atoms with Gasteiger partial charge in [0, 0.05) is 0 Å².